The van der Waals surface area contributed by atoms with Crippen molar-refractivity contribution >= 4 is 40.0 Å². The molecule has 0 bridgehead atoms. The summed E-state index contributed by atoms with van der Waals surface area (Å²) in [6.07, 6.45) is 8.84. The van der Waals surface area contributed by atoms with Gasteiger partial charge >= 0.3 is 5.97 Å². The van der Waals surface area contributed by atoms with Crippen LogP contribution in [-0.4, -0.2) is 43.5 Å². The number of hydrogen-bond acceptors (Lipinski definition) is 8. The Morgan fingerprint density at radius 3 is 2.88 bits per heavy atom. The quantitative estimate of drug-likeness (QED) is 0.258. The molecule has 3 aromatic rings. The lowest BCUT2D eigenvalue weighted by atomic mass is 9.95. The van der Waals surface area contributed by atoms with Crippen LogP contribution in [0.15, 0.2) is 42.3 Å². The highest BCUT2D eigenvalue weighted by molar-refractivity contribution is 7.99. The molecule has 0 saturated carbocycles. The van der Waals surface area contributed by atoms with Crippen molar-refractivity contribution in [3.8, 4) is 11.4 Å². The zero-order chi connectivity index (χ0) is 24.1. The summed E-state index contributed by atoms with van der Waals surface area (Å²) >= 11 is 2.77. The number of carbonyl (C=O) groups is 2. The van der Waals surface area contributed by atoms with Crippen LogP contribution in [0.1, 0.15) is 47.5 Å². The number of carbonyl (C=O) groups excluding carboxylic acids is 2. The van der Waals surface area contributed by atoms with E-state index in [1.807, 2.05) is 30.5 Å². The Bertz CT molecular complexity index is 1190. The molecule has 34 heavy (non-hydrogen) atoms. The lowest BCUT2D eigenvalue weighted by molar-refractivity contribution is -0.113. The number of allylic oxidation sites excluding steroid dienone is 1. The van der Waals surface area contributed by atoms with Gasteiger partial charge in [-0.05, 0) is 57.2 Å². The summed E-state index contributed by atoms with van der Waals surface area (Å²) in [5, 5.41) is 12.7. The molecule has 1 amide bonds. The lowest BCUT2D eigenvalue weighted by Crippen LogP contribution is -2.19. The SMILES string of the molecule is C=CCn1c(SCC(=O)Nc2sc3c(c2C(=O)OC(C)C)CCCC3)nnc1-c1cccnc1. The van der Waals surface area contributed by atoms with E-state index in [0.29, 0.717) is 28.1 Å². The van der Waals surface area contributed by atoms with Gasteiger partial charge in [-0.3, -0.25) is 14.3 Å². The van der Waals surface area contributed by atoms with E-state index in [-0.39, 0.29) is 23.7 Å². The summed E-state index contributed by atoms with van der Waals surface area (Å²) in [7, 11) is 0. The smallest absolute Gasteiger partial charge is 0.341 e. The molecule has 4 rings (SSSR count). The fourth-order valence-electron chi connectivity index (χ4n) is 3.83. The topological polar surface area (TPSA) is 99.0 Å². The Morgan fingerprint density at radius 1 is 1.32 bits per heavy atom. The van der Waals surface area contributed by atoms with Gasteiger partial charge < -0.3 is 10.1 Å². The third kappa shape index (κ3) is 5.39. The van der Waals surface area contributed by atoms with Crippen molar-refractivity contribution < 1.29 is 14.3 Å². The van der Waals surface area contributed by atoms with Gasteiger partial charge in [0.05, 0.1) is 17.4 Å². The Morgan fingerprint density at radius 2 is 2.15 bits per heavy atom. The van der Waals surface area contributed by atoms with E-state index in [1.165, 1.54) is 23.1 Å². The van der Waals surface area contributed by atoms with Crippen LogP contribution in [0.3, 0.4) is 0 Å². The molecule has 0 atom stereocenters. The van der Waals surface area contributed by atoms with E-state index in [0.717, 1.165) is 41.7 Å². The first-order chi connectivity index (χ1) is 16.5. The van der Waals surface area contributed by atoms with Gasteiger partial charge in [0.2, 0.25) is 5.91 Å². The largest absolute Gasteiger partial charge is 0.459 e. The molecule has 178 valence electrons. The van der Waals surface area contributed by atoms with Crippen LogP contribution in [0.4, 0.5) is 5.00 Å². The van der Waals surface area contributed by atoms with Crippen molar-refractivity contribution in [2.45, 2.75) is 57.3 Å². The Labute approximate surface area is 206 Å². The van der Waals surface area contributed by atoms with Crippen LogP contribution >= 0.6 is 23.1 Å². The van der Waals surface area contributed by atoms with Crippen molar-refractivity contribution in [1.82, 2.24) is 19.7 Å². The average molecular weight is 498 g/mol. The van der Waals surface area contributed by atoms with Crippen molar-refractivity contribution in [1.29, 1.82) is 0 Å². The van der Waals surface area contributed by atoms with Gasteiger partial charge in [0, 0.05) is 29.4 Å². The number of nitrogens with one attached hydrogen (secondary N) is 1. The van der Waals surface area contributed by atoms with Crippen molar-refractivity contribution in [2.75, 3.05) is 11.1 Å². The van der Waals surface area contributed by atoms with Crippen molar-refractivity contribution in [2.24, 2.45) is 0 Å². The zero-order valence-electron chi connectivity index (χ0n) is 19.2. The van der Waals surface area contributed by atoms with Crippen LogP contribution in [0.25, 0.3) is 11.4 Å². The van der Waals surface area contributed by atoms with Gasteiger partial charge in [0.25, 0.3) is 0 Å². The van der Waals surface area contributed by atoms with Gasteiger partial charge in [-0.2, -0.15) is 0 Å². The fraction of sp³-hybridized carbons (Fsp3) is 0.375. The van der Waals surface area contributed by atoms with Crippen LogP contribution in [0.2, 0.25) is 0 Å². The molecule has 0 fully saturated rings. The number of nitrogens with zero attached hydrogens (tertiary/aromatic N) is 4. The molecule has 3 aromatic heterocycles. The summed E-state index contributed by atoms with van der Waals surface area (Å²) in [4.78, 5) is 31.0. The van der Waals surface area contributed by atoms with E-state index in [1.54, 1.807) is 18.5 Å². The molecule has 0 unspecified atom stereocenters. The number of ether oxygens (including phenoxy) is 1. The number of esters is 1. The molecule has 0 aliphatic heterocycles. The summed E-state index contributed by atoms with van der Waals surface area (Å²) in [5.74, 6) is 0.215. The molecule has 0 radical (unpaired) electrons. The molecule has 10 heteroatoms. The molecule has 0 aromatic carbocycles. The molecule has 0 spiro atoms. The number of hydrogen-bond donors (Lipinski definition) is 1. The molecule has 8 nitrogen and oxygen atoms in total. The summed E-state index contributed by atoms with van der Waals surface area (Å²) in [5.41, 5.74) is 2.38. The summed E-state index contributed by atoms with van der Waals surface area (Å²) < 4.78 is 7.37. The molecule has 1 aliphatic carbocycles. The molecular weight excluding hydrogens is 470 g/mol. The third-order valence-electron chi connectivity index (χ3n) is 5.25. The number of aromatic nitrogens is 4. The van der Waals surface area contributed by atoms with Crippen molar-refractivity contribution in [3.63, 3.8) is 0 Å². The summed E-state index contributed by atoms with van der Waals surface area (Å²) in [6, 6.07) is 3.75. The predicted octanol–water partition coefficient (Wildman–Crippen LogP) is 4.76. The van der Waals surface area contributed by atoms with Gasteiger partial charge in [0.15, 0.2) is 11.0 Å². The normalized spacial score (nSPS) is 12.9. The lowest BCUT2D eigenvalue weighted by Gasteiger charge is -2.14. The minimum atomic E-state index is -0.371. The Kier molecular flexibility index (Phi) is 7.79. The number of amides is 1. The Hall–Kier alpha value is -2.98. The molecule has 3 heterocycles. The molecule has 1 N–H and O–H groups in total. The van der Waals surface area contributed by atoms with Gasteiger partial charge in [-0.1, -0.05) is 17.8 Å². The number of fused-ring (bicyclic) bond motifs is 1. The first-order valence-corrected chi connectivity index (χ1v) is 13.0. The highest BCUT2D eigenvalue weighted by Crippen LogP contribution is 2.39. The second kappa shape index (κ2) is 11.0. The minimum Gasteiger partial charge on any atom is -0.459 e. The maximum Gasteiger partial charge on any atom is 0.341 e. The number of pyridine rings is 1. The molecule has 1 aliphatic rings. The number of rotatable bonds is 9. The van der Waals surface area contributed by atoms with Gasteiger partial charge in [-0.15, -0.1) is 28.1 Å². The standard InChI is InChI=1S/C24H27N5O3S2/c1-4-12-29-21(16-8-7-11-25-13-16)27-28-24(29)33-14-19(30)26-22-20(23(31)32-15(2)3)17-9-5-6-10-18(17)34-22/h4,7-8,11,13,15H,1,5-6,9-10,12,14H2,2-3H3,(H,26,30). The third-order valence-corrected chi connectivity index (χ3v) is 7.43. The van der Waals surface area contributed by atoms with Crippen molar-refractivity contribution in [3.05, 3.63) is 53.2 Å². The van der Waals surface area contributed by atoms with Crippen LogP contribution in [0.5, 0.6) is 0 Å². The first kappa shape index (κ1) is 24.2. The van der Waals surface area contributed by atoms with Crippen LogP contribution in [0, 0.1) is 0 Å². The minimum absolute atomic E-state index is 0.129. The number of thiophene rings is 1. The number of aryl methyl sites for hydroxylation is 1. The Balaban J connectivity index is 1.50. The number of anilines is 1. The van der Waals surface area contributed by atoms with E-state index in [9.17, 15) is 9.59 Å². The van der Waals surface area contributed by atoms with Gasteiger partial charge in [0.1, 0.15) is 5.00 Å². The highest BCUT2D eigenvalue weighted by Gasteiger charge is 2.28. The van der Waals surface area contributed by atoms with E-state index in [2.05, 4.69) is 27.1 Å². The maximum atomic E-state index is 12.9. The van der Waals surface area contributed by atoms with E-state index < -0.39 is 0 Å². The fourth-order valence-corrected chi connectivity index (χ4v) is 5.87. The predicted molar refractivity (Wildman–Crippen MR) is 134 cm³/mol. The van der Waals surface area contributed by atoms with Gasteiger partial charge in [-0.25, -0.2) is 4.79 Å². The average Bonchev–Trinajstić information content (AvgIpc) is 3.39. The second-order valence-electron chi connectivity index (χ2n) is 8.15. The highest BCUT2D eigenvalue weighted by atomic mass is 32.2. The molecular formula is C24H27N5O3S2. The van der Waals surface area contributed by atoms with E-state index >= 15 is 0 Å². The summed E-state index contributed by atoms with van der Waals surface area (Å²) in [6.45, 7) is 7.97. The van der Waals surface area contributed by atoms with E-state index in [4.69, 9.17) is 4.74 Å². The number of thioether (sulfide) groups is 1. The molecule has 0 saturated heterocycles. The second-order valence-corrected chi connectivity index (χ2v) is 10.2. The monoisotopic (exact) mass is 497 g/mol. The van der Waals surface area contributed by atoms with Crippen LogP contribution < -0.4 is 5.32 Å². The van der Waals surface area contributed by atoms with Crippen LogP contribution in [-0.2, 0) is 28.9 Å². The maximum absolute atomic E-state index is 12.9. The zero-order valence-corrected chi connectivity index (χ0v) is 20.9. The first-order valence-electron chi connectivity index (χ1n) is 11.2.